The summed E-state index contributed by atoms with van der Waals surface area (Å²) in [5.74, 6) is 2.18. The maximum absolute atomic E-state index is 12.9. The lowest BCUT2D eigenvalue weighted by Gasteiger charge is -2.33. The summed E-state index contributed by atoms with van der Waals surface area (Å²) in [6.45, 7) is 7.46. The smallest absolute Gasteiger partial charge is 0.240 e. The summed E-state index contributed by atoms with van der Waals surface area (Å²) < 4.78 is 50.4. The summed E-state index contributed by atoms with van der Waals surface area (Å²) in [5, 5.41) is 0. The first-order valence-corrected chi connectivity index (χ1v) is 11.5. The van der Waals surface area contributed by atoms with E-state index in [2.05, 4.69) is 9.62 Å². The van der Waals surface area contributed by atoms with Gasteiger partial charge >= 0.3 is 0 Å². The second-order valence-electron chi connectivity index (χ2n) is 7.23. The highest BCUT2D eigenvalue weighted by molar-refractivity contribution is 7.89. The third-order valence-corrected chi connectivity index (χ3v) is 6.47. The molecule has 2 aromatic rings. The molecule has 1 aliphatic rings. The van der Waals surface area contributed by atoms with Gasteiger partial charge < -0.3 is 18.6 Å². The lowest BCUT2D eigenvalue weighted by Crippen LogP contribution is -2.43. The molecule has 1 N–H and O–H groups in total. The van der Waals surface area contributed by atoms with E-state index in [9.17, 15) is 8.42 Å². The van der Waals surface area contributed by atoms with Gasteiger partial charge in [0.05, 0.1) is 30.8 Å². The molecule has 1 aromatic heterocycles. The quantitative estimate of drug-likeness (QED) is 0.569. The first-order valence-electron chi connectivity index (χ1n) is 10.0. The molecule has 2 heterocycles. The second-order valence-corrected chi connectivity index (χ2v) is 9.00. The zero-order valence-electron chi connectivity index (χ0n) is 17.7. The van der Waals surface area contributed by atoms with Gasteiger partial charge in [0.1, 0.15) is 23.9 Å². The summed E-state index contributed by atoms with van der Waals surface area (Å²) >= 11 is 0. The number of methoxy groups -OCH3 is 1. The zero-order chi connectivity index (χ0) is 21.6. The maximum atomic E-state index is 12.9. The van der Waals surface area contributed by atoms with Crippen molar-refractivity contribution in [3.05, 3.63) is 47.4 Å². The second kappa shape index (κ2) is 10.4. The van der Waals surface area contributed by atoms with Crippen molar-refractivity contribution in [1.82, 2.24) is 9.62 Å². The average Bonchev–Trinajstić information content (AvgIpc) is 3.16. The molecule has 1 aliphatic heterocycles. The van der Waals surface area contributed by atoms with Crippen LogP contribution in [0.5, 0.6) is 5.75 Å². The Morgan fingerprint density at radius 3 is 2.53 bits per heavy atom. The zero-order valence-corrected chi connectivity index (χ0v) is 18.5. The van der Waals surface area contributed by atoms with E-state index in [-0.39, 0.29) is 17.5 Å². The highest BCUT2D eigenvalue weighted by Gasteiger charge is 2.27. The van der Waals surface area contributed by atoms with Gasteiger partial charge in [-0.3, -0.25) is 4.90 Å². The van der Waals surface area contributed by atoms with Gasteiger partial charge in [-0.05, 0) is 49.7 Å². The topological polar surface area (TPSA) is 90.2 Å². The first-order chi connectivity index (χ1) is 14.4. The van der Waals surface area contributed by atoms with E-state index in [1.54, 1.807) is 25.3 Å². The number of hydrogen-bond donors (Lipinski definition) is 1. The van der Waals surface area contributed by atoms with E-state index < -0.39 is 10.0 Å². The lowest BCUT2D eigenvalue weighted by atomic mass is 10.2. The Balaban J connectivity index is 1.71. The molecule has 0 spiro atoms. The molecule has 1 unspecified atom stereocenters. The highest BCUT2D eigenvalue weighted by atomic mass is 32.2. The van der Waals surface area contributed by atoms with E-state index >= 15 is 0 Å². The van der Waals surface area contributed by atoms with Crippen molar-refractivity contribution in [2.24, 2.45) is 0 Å². The van der Waals surface area contributed by atoms with Crippen LogP contribution in [0.25, 0.3) is 0 Å². The number of hydrogen-bond acceptors (Lipinski definition) is 7. The predicted octanol–water partition coefficient (Wildman–Crippen LogP) is 2.27. The van der Waals surface area contributed by atoms with Crippen molar-refractivity contribution in [1.29, 1.82) is 0 Å². The Morgan fingerprint density at radius 1 is 1.13 bits per heavy atom. The van der Waals surface area contributed by atoms with Crippen molar-refractivity contribution >= 4 is 10.0 Å². The molecule has 30 heavy (non-hydrogen) atoms. The van der Waals surface area contributed by atoms with Crippen molar-refractivity contribution in [3.8, 4) is 5.75 Å². The van der Waals surface area contributed by atoms with Crippen LogP contribution in [-0.2, 0) is 19.5 Å². The lowest BCUT2D eigenvalue weighted by molar-refractivity contribution is 0.0127. The van der Waals surface area contributed by atoms with Crippen LogP contribution in [-0.4, -0.2) is 66.5 Å². The van der Waals surface area contributed by atoms with E-state index in [1.165, 1.54) is 0 Å². The third-order valence-electron chi connectivity index (χ3n) is 5.04. The van der Waals surface area contributed by atoms with Gasteiger partial charge in [0.15, 0.2) is 0 Å². The number of aryl methyl sites for hydroxylation is 2. The molecule has 166 valence electrons. The number of nitrogens with zero attached hydrogens (tertiary/aromatic N) is 1. The van der Waals surface area contributed by atoms with Crippen molar-refractivity contribution in [2.75, 3.05) is 53.2 Å². The fourth-order valence-corrected chi connectivity index (χ4v) is 4.51. The van der Waals surface area contributed by atoms with Crippen LogP contribution in [0, 0.1) is 13.8 Å². The summed E-state index contributed by atoms with van der Waals surface area (Å²) in [7, 11) is -2.09. The summed E-state index contributed by atoms with van der Waals surface area (Å²) in [4.78, 5) is 2.39. The first kappa shape index (κ1) is 22.8. The van der Waals surface area contributed by atoms with Crippen LogP contribution in [0.3, 0.4) is 0 Å². The largest absolute Gasteiger partial charge is 0.491 e. The minimum absolute atomic E-state index is 0.199. The van der Waals surface area contributed by atoms with Crippen LogP contribution >= 0.6 is 0 Å². The molecule has 0 saturated carbocycles. The van der Waals surface area contributed by atoms with Gasteiger partial charge in [-0.15, -0.1) is 0 Å². The molecule has 8 nitrogen and oxygen atoms in total. The van der Waals surface area contributed by atoms with Crippen LogP contribution in [0.2, 0.25) is 0 Å². The SMILES string of the molecule is COCCOc1ccc(S(=O)(=O)NCC(c2ccc(C)o2)N2CCOCC2)cc1C. The molecule has 1 saturated heterocycles. The molecule has 0 radical (unpaired) electrons. The Hall–Kier alpha value is -1.91. The summed E-state index contributed by atoms with van der Waals surface area (Å²) in [6, 6.07) is 8.44. The Kier molecular flexibility index (Phi) is 7.90. The highest BCUT2D eigenvalue weighted by Crippen LogP contribution is 2.25. The van der Waals surface area contributed by atoms with Crippen LogP contribution in [0.15, 0.2) is 39.6 Å². The number of benzene rings is 1. The normalized spacial score (nSPS) is 16.5. The van der Waals surface area contributed by atoms with Crippen LogP contribution < -0.4 is 9.46 Å². The van der Waals surface area contributed by atoms with Gasteiger partial charge in [0.2, 0.25) is 10.0 Å². The third kappa shape index (κ3) is 5.83. The fraction of sp³-hybridized carbons (Fsp3) is 0.524. The fourth-order valence-electron chi connectivity index (χ4n) is 3.39. The van der Waals surface area contributed by atoms with Gasteiger partial charge in [-0.25, -0.2) is 13.1 Å². The minimum Gasteiger partial charge on any atom is -0.491 e. The standard InChI is InChI=1S/C21H30N2O6S/c1-16-14-18(5-7-20(16)28-13-12-26-3)30(24,25)22-15-19(21-6-4-17(2)29-21)23-8-10-27-11-9-23/h4-7,14,19,22H,8-13,15H2,1-3H3. The van der Waals surface area contributed by atoms with Crippen molar-refractivity contribution in [3.63, 3.8) is 0 Å². The molecule has 3 rings (SSSR count). The molecule has 0 bridgehead atoms. The van der Waals surface area contributed by atoms with E-state index in [1.807, 2.05) is 26.0 Å². The Bertz CT molecular complexity index is 921. The average molecular weight is 439 g/mol. The van der Waals surface area contributed by atoms with Gasteiger partial charge in [-0.2, -0.15) is 0 Å². The maximum Gasteiger partial charge on any atom is 0.240 e. The van der Waals surface area contributed by atoms with Crippen LogP contribution in [0.4, 0.5) is 0 Å². The number of ether oxygens (including phenoxy) is 3. The van der Waals surface area contributed by atoms with E-state index in [4.69, 9.17) is 18.6 Å². The number of nitrogens with one attached hydrogen (secondary N) is 1. The van der Waals surface area contributed by atoms with Gasteiger partial charge in [-0.1, -0.05) is 0 Å². The molecule has 0 aliphatic carbocycles. The molecule has 1 atom stereocenters. The molecule has 1 fully saturated rings. The number of furan rings is 1. The Labute approximate surface area is 178 Å². The molecular formula is C21H30N2O6S. The molecule has 1 aromatic carbocycles. The van der Waals surface area contributed by atoms with Gasteiger partial charge in [0, 0.05) is 26.7 Å². The molecule has 0 amide bonds. The van der Waals surface area contributed by atoms with Crippen molar-refractivity contribution in [2.45, 2.75) is 24.8 Å². The number of morpholine rings is 1. The summed E-state index contributed by atoms with van der Waals surface area (Å²) in [5.41, 5.74) is 0.750. The van der Waals surface area contributed by atoms with Crippen LogP contribution in [0.1, 0.15) is 23.1 Å². The van der Waals surface area contributed by atoms with E-state index in [0.717, 1.165) is 30.2 Å². The number of rotatable bonds is 10. The monoisotopic (exact) mass is 438 g/mol. The molecular weight excluding hydrogens is 408 g/mol. The number of sulfonamides is 1. The Morgan fingerprint density at radius 2 is 1.90 bits per heavy atom. The van der Waals surface area contributed by atoms with E-state index in [0.29, 0.717) is 32.2 Å². The summed E-state index contributed by atoms with van der Waals surface area (Å²) in [6.07, 6.45) is 0. The van der Waals surface area contributed by atoms with Gasteiger partial charge in [0.25, 0.3) is 0 Å². The molecule has 9 heteroatoms. The predicted molar refractivity (Wildman–Crippen MR) is 112 cm³/mol. The minimum atomic E-state index is -3.69. The van der Waals surface area contributed by atoms with Crippen molar-refractivity contribution < 1.29 is 27.0 Å².